The van der Waals surface area contributed by atoms with Gasteiger partial charge in [-0.1, -0.05) is 6.92 Å². The van der Waals surface area contributed by atoms with E-state index in [4.69, 9.17) is 10.5 Å². The number of hydrogen-bond acceptors (Lipinski definition) is 6. The molecule has 2 fully saturated rings. The maximum Gasteiger partial charge on any atom is 0.239 e. The molecule has 2 aliphatic rings. The Kier molecular flexibility index (Phi) is 5.00. The first kappa shape index (κ1) is 15.7. The summed E-state index contributed by atoms with van der Waals surface area (Å²) in [5.74, 6) is -0.0765. The highest BCUT2D eigenvalue weighted by molar-refractivity contribution is 7.91. The number of rotatable bonds is 4. The Morgan fingerprint density at radius 3 is 2.80 bits per heavy atom. The van der Waals surface area contributed by atoms with Crippen molar-refractivity contribution in [2.24, 2.45) is 5.73 Å². The zero-order valence-electron chi connectivity index (χ0n) is 11.7. The maximum absolute atomic E-state index is 12.2. The van der Waals surface area contributed by atoms with Crippen molar-refractivity contribution in [3.63, 3.8) is 0 Å². The largest absolute Gasteiger partial charge is 0.378 e. The third-order valence-corrected chi connectivity index (χ3v) is 5.56. The first-order valence-corrected chi connectivity index (χ1v) is 8.84. The summed E-state index contributed by atoms with van der Waals surface area (Å²) in [4.78, 5) is 14.1. The van der Waals surface area contributed by atoms with Gasteiger partial charge >= 0.3 is 0 Å². The highest BCUT2D eigenvalue weighted by Gasteiger charge is 2.43. The number of amides is 1. The van der Waals surface area contributed by atoms with Gasteiger partial charge in [0.25, 0.3) is 0 Å². The van der Waals surface area contributed by atoms with Crippen LogP contribution in [0.25, 0.3) is 0 Å². The highest BCUT2D eigenvalue weighted by Crippen LogP contribution is 2.21. The van der Waals surface area contributed by atoms with Gasteiger partial charge < -0.3 is 15.8 Å². The van der Waals surface area contributed by atoms with E-state index in [1.165, 1.54) is 0 Å². The van der Waals surface area contributed by atoms with E-state index >= 15 is 0 Å². The molecule has 116 valence electrons. The van der Waals surface area contributed by atoms with Gasteiger partial charge in [0.15, 0.2) is 9.84 Å². The Bertz CT molecular complexity index is 454. The minimum Gasteiger partial charge on any atom is -0.378 e. The van der Waals surface area contributed by atoms with Gasteiger partial charge in [0.05, 0.1) is 24.7 Å². The second-order valence-electron chi connectivity index (χ2n) is 5.43. The molecule has 2 saturated heterocycles. The fourth-order valence-corrected chi connectivity index (χ4v) is 4.71. The van der Waals surface area contributed by atoms with E-state index in [1.54, 1.807) is 0 Å². The molecular formula is C12H23N3O4S. The van der Waals surface area contributed by atoms with Crippen LogP contribution in [-0.4, -0.2) is 75.2 Å². The smallest absolute Gasteiger partial charge is 0.239 e. The molecule has 0 aromatic carbocycles. The Morgan fingerprint density at radius 1 is 1.45 bits per heavy atom. The quantitative estimate of drug-likeness (QED) is 0.644. The zero-order valence-corrected chi connectivity index (χ0v) is 12.6. The minimum absolute atomic E-state index is 0.00166. The molecule has 3 N–H and O–H groups in total. The zero-order chi connectivity index (χ0) is 14.8. The van der Waals surface area contributed by atoms with Crippen LogP contribution in [0.15, 0.2) is 0 Å². The van der Waals surface area contributed by atoms with Crippen LogP contribution in [0, 0.1) is 0 Å². The molecule has 0 radical (unpaired) electrons. The number of nitrogens with two attached hydrogens (primary N) is 1. The summed E-state index contributed by atoms with van der Waals surface area (Å²) in [5.41, 5.74) is 5.95. The molecule has 0 spiro atoms. The molecule has 0 aromatic heterocycles. The minimum atomic E-state index is -3.10. The summed E-state index contributed by atoms with van der Waals surface area (Å²) in [6.07, 6.45) is 0.858. The van der Waals surface area contributed by atoms with Crippen molar-refractivity contribution in [3.05, 3.63) is 0 Å². The van der Waals surface area contributed by atoms with Crippen molar-refractivity contribution < 1.29 is 17.9 Å². The van der Waals surface area contributed by atoms with Crippen LogP contribution < -0.4 is 11.1 Å². The second-order valence-corrected chi connectivity index (χ2v) is 7.58. The maximum atomic E-state index is 12.2. The third-order valence-electron chi connectivity index (χ3n) is 3.81. The number of nitrogens with one attached hydrogen (secondary N) is 1. The lowest BCUT2D eigenvalue weighted by Crippen LogP contribution is -2.61. The predicted octanol–water partition coefficient (Wildman–Crippen LogP) is -1.66. The van der Waals surface area contributed by atoms with Crippen LogP contribution in [0.2, 0.25) is 0 Å². The van der Waals surface area contributed by atoms with Gasteiger partial charge in [0.1, 0.15) is 6.04 Å². The number of ether oxygens (including phenoxy) is 1. The van der Waals surface area contributed by atoms with E-state index in [2.05, 4.69) is 5.32 Å². The molecule has 0 bridgehead atoms. The summed E-state index contributed by atoms with van der Waals surface area (Å²) >= 11 is 0. The SMILES string of the molecule is CCCNC(=O)C1COCCN1C1CS(=O)(=O)CC1N. The first-order valence-electron chi connectivity index (χ1n) is 7.02. The number of carbonyl (C=O) groups is 1. The lowest BCUT2D eigenvalue weighted by atomic mass is 10.1. The van der Waals surface area contributed by atoms with Crippen molar-refractivity contribution in [2.45, 2.75) is 31.5 Å². The molecule has 20 heavy (non-hydrogen) atoms. The Hall–Kier alpha value is -0.700. The van der Waals surface area contributed by atoms with Crippen molar-refractivity contribution in [1.29, 1.82) is 0 Å². The van der Waals surface area contributed by atoms with Crippen molar-refractivity contribution in [2.75, 3.05) is 37.8 Å². The van der Waals surface area contributed by atoms with Gasteiger partial charge in [-0.2, -0.15) is 0 Å². The van der Waals surface area contributed by atoms with E-state index in [1.807, 2.05) is 11.8 Å². The number of morpholine rings is 1. The molecule has 7 nitrogen and oxygen atoms in total. The van der Waals surface area contributed by atoms with Gasteiger partial charge in [-0.05, 0) is 6.42 Å². The highest BCUT2D eigenvalue weighted by atomic mass is 32.2. The van der Waals surface area contributed by atoms with Crippen molar-refractivity contribution in [1.82, 2.24) is 10.2 Å². The Labute approximate surface area is 119 Å². The Morgan fingerprint density at radius 2 is 2.20 bits per heavy atom. The van der Waals surface area contributed by atoms with Crippen LogP contribution in [0.4, 0.5) is 0 Å². The molecule has 1 amide bonds. The van der Waals surface area contributed by atoms with Crippen LogP contribution in [0.3, 0.4) is 0 Å². The van der Waals surface area contributed by atoms with Crippen LogP contribution in [-0.2, 0) is 19.4 Å². The Balaban J connectivity index is 2.09. The summed E-state index contributed by atoms with van der Waals surface area (Å²) in [6.45, 7) is 3.92. The molecule has 2 heterocycles. The average Bonchev–Trinajstić information content (AvgIpc) is 2.69. The standard InChI is InChI=1S/C12H23N3O4S/c1-2-3-14-12(16)10-6-19-5-4-15(10)11-8-20(17,18)7-9(11)13/h9-11H,2-8,13H2,1H3,(H,14,16). The van der Waals surface area contributed by atoms with Crippen molar-refractivity contribution >= 4 is 15.7 Å². The molecule has 8 heteroatoms. The van der Waals surface area contributed by atoms with E-state index in [9.17, 15) is 13.2 Å². The molecule has 0 aromatic rings. The molecule has 2 aliphatic heterocycles. The van der Waals surface area contributed by atoms with Gasteiger partial charge in [-0.3, -0.25) is 9.69 Å². The van der Waals surface area contributed by atoms with Gasteiger partial charge in [0, 0.05) is 25.2 Å². The number of carbonyl (C=O) groups excluding carboxylic acids is 1. The lowest BCUT2D eigenvalue weighted by molar-refractivity contribution is -0.134. The lowest BCUT2D eigenvalue weighted by Gasteiger charge is -2.39. The molecule has 3 unspecified atom stereocenters. The second kappa shape index (κ2) is 6.38. The fraction of sp³-hybridized carbons (Fsp3) is 0.917. The van der Waals surface area contributed by atoms with Crippen molar-refractivity contribution in [3.8, 4) is 0 Å². The third kappa shape index (κ3) is 3.49. The van der Waals surface area contributed by atoms with Gasteiger partial charge in [0.2, 0.25) is 5.91 Å². The summed E-state index contributed by atoms with van der Waals surface area (Å²) in [5, 5.41) is 2.84. The molecular weight excluding hydrogens is 282 g/mol. The number of hydrogen-bond donors (Lipinski definition) is 2. The molecule has 0 aliphatic carbocycles. The average molecular weight is 305 g/mol. The predicted molar refractivity (Wildman–Crippen MR) is 75.0 cm³/mol. The monoisotopic (exact) mass is 305 g/mol. The van der Waals surface area contributed by atoms with Crippen LogP contribution in [0.1, 0.15) is 13.3 Å². The number of nitrogens with zero attached hydrogens (tertiary/aromatic N) is 1. The normalized spacial score (nSPS) is 34.0. The van der Waals surface area contributed by atoms with E-state index < -0.39 is 21.9 Å². The summed E-state index contributed by atoms with van der Waals surface area (Å²) < 4.78 is 28.8. The van der Waals surface area contributed by atoms with E-state index in [0.717, 1.165) is 6.42 Å². The molecule has 0 saturated carbocycles. The first-order chi connectivity index (χ1) is 9.44. The van der Waals surface area contributed by atoms with E-state index in [0.29, 0.717) is 26.3 Å². The van der Waals surface area contributed by atoms with Crippen LogP contribution in [0.5, 0.6) is 0 Å². The van der Waals surface area contributed by atoms with Gasteiger partial charge in [-0.25, -0.2) is 8.42 Å². The molecule has 3 atom stereocenters. The van der Waals surface area contributed by atoms with E-state index in [-0.39, 0.29) is 23.5 Å². The van der Waals surface area contributed by atoms with Crippen LogP contribution >= 0.6 is 0 Å². The molecule has 2 rings (SSSR count). The topological polar surface area (TPSA) is 102 Å². The fourth-order valence-electron chi connectivity index (χ4n) is 2.80. The summed E-state index contributed by atoms with van der Waals surface area (Å²) in [6, 6.07) is -1.17. The summed E-state index contributed by atoms with van der Waals surface area (Å²) in [7, 11) is -3.10. The van der Waals surface area contributed by atoms with Gasteiger partial charge in [-0.15, -0.1) is 0 Å². The number of sulfone groups is 1.